The molecule has 0 bridgehead atoms. The third-order valence-corrected chi connectivity index (χ3v) is 1.66. The number of aromatic amines is 1. The molecule has 1 aromatic heterocycles. The number of carboxylic acid groups (broad SMARTS) is 1. The SMILES string of the molecule is C#CC(N)(Cc1cnc[nH]1)C(=O)O.Cl.Cl. The minimum absolute atomic E-state index is 0. The molecule has 0 aliphatic rings. The van der Waals surface area contributed by atoms with Crippen LogP contribution in [0.15, 0.2) is 12.5 Å². The number of rotatable bonds is 3. The van der Waals surface area contributed by atoms with Gasteiger partial charge in [0, 0.05) is 18.3 Å². The van der Waals surface area contributed by atoms with Gasteiger partial charge in [-0.2, -0.15) is 0 Å². The van der Waals surface area contributed by atoms with Crippen LogP contribution in [0.3, 0.4) is 0 Å². The number of aromatic nitrogens is 2. The van der Waals surface area contributed by atoms with Crippen LogP contribution in [0.1, 0.15) is 5.69 Å². The molecular weight excluding hydrogens is 241 g/mol. The Bertz CT molecular complexity index is 347. The van der Waals surface area contributed by atoms with Crippen LogP contribution >= 0.6 is 24.8 Å². The van der Waals surface area contributed by atoms with Crippen molar-refractivity contribution >= 4 is 30.8 Å². The molecule has 0 amide bonds. The predicted octanol–water partition coefficient (Wildman–Crippen LogP) is 0.211. The molecule has 7 heteroatoms. The second-order valence-corrected chi connectivity index (χ2v) is 2.67. The van der Waals surface area contributed by atoms with E-state index >= 15 is 0 Å². The first kappa shape index (κ1) is 16.2. The molecule has 1 unspecified atom stereocenters. The summed E-state index contributed by atoms with van der Waals surface area (Å²) < 4.78 is 0. The van der Waals surface area contributed by atoms with Crippen molar-refractivity contribution < 1.29 is 9.90 Å². The summed E-state index contributed by atoms with van der Waals surface area (Å²) in [5.41, 5.74) is 4.39. The molecule has 4 N–H and O–H groups in total. The topological polar surface area (TPSA) is 92.0 Å². The smallest absolute Gasteiger partial charge is 0.336 e. The van der Waals surface area contributed by atoms with E-state index in [2.05, 4.69) is 9.97 Å². The summed E-state index contributed by atoms with van der Waals surface area (Å²) in [7, 11) is 0. The van der Waals surface area contributed by atoms with E-state index in [4.69, 9.17) is 17.3 Å². The fourth-order valence-corrected chi connectivity index (χ4v) is 0.870. The summed E-state index contributed by atoms with van der Waals surface area (Å²) in [5.74, 6) is 0.829. The van der Waals surface area contributed by atoms with Gasteiger partial charge in [-0.05, 0) is 0 Å². The Kier molecular flexibility index (Phi) is 6.81. The summed E-state index contributed by atoms with van der Waals surface area (Å²) in [5, 5.41) is 8.73. The van der Waals surface area contributed by atoms with Crippen molar-refractivity contribution in [2.75, 3.05) is 0 Å². The minimum atomic E-state index is -1.66. The van der Waals surface area contributed by atoms with Crippen molar-refractivity contribution in [3.05, 3.63) is 18.2 Å². The quantitative estimate of drug-likeness (QED) is 0.670. The van der Waals surface area contributed by atoms with Crippen LogP contribution in [0.2, 0.25) is 0 Å². The van der Waals surface area contributed by atoms with Gasteiger partial charge in [-0.25, -0.2) is 9.78 Å². The lowest BCUT2D eigenvalue weighted by Crippen LogP contribution is -2.48. The molecular formula is C8H11Cl2N3O2. The molecule has 0 spiro atoms. The number of imidazole rings is 1. The predicted molar refractivity (Wildman–Crippen MR) is 60.2 cm³/mol. The Balaban J connectivity index is 0. The van der Waals surface area contributed by atoms with Crippen molar-refractivity contribution in [3.8, 4) is 12.3 Å². The largest absolute Gasteiger partial charge is 0.479 e. The second-order valence-electron chi connectivity index (χ2n) is 2.67. The average molecular weight is 252 g/mol. The number of hydrogen-bond donors (Lipinski definition) is 3. The number of halogens is 2. The Morgan fingerprint density at radius 3 is 2.67 bits per heavy atom. The zero-order valence-corrected chi connectivity index (χ0v) is 9.27. The van der Waals surface area contributed by atoms with Crippen LogP contribution in [-0.2, 0) is 11.2 Å². The molecule has 1 atom stereocenters. The van der Waals surface area contributed by atoms with Crippen LogP contribution in [0.4, 0.5) is 0 Å². The first-order valence-electron chi connectivity index (χ1n) is 3.56. The van der Waals surface area contributed by atoms with Gasteiger partial charge in [0.2, 0.25) is 0 Å². The highest BCUT2D eigenvalue weighted by atomic mass is 35.5. The molecule has 0 saturated heterocycles. The number of nitrogens with one attached hydrogen (secondary N) is 1. The molecule has 0 aliphatic carbocycles. The van der Waals surface area contributed by atoms with Crippen LogP contribution in [0, 0.1) is 12.3 Å². The summed E-state index contributed by atoms with van der Waals surface area (Å²) in [6.07, 6.45) is 8.00. The van der Waals surface area contributed by atoms with Gasteiger partial charge in [0.05, 0.1) is 6.33 Å². The monoisotopic (exact) mass is 251 g/mol. The van der Waals surface area contributed by atoms with Gasteiger partial charge >= 0.3 is 5.97 Å². The van der Waals surface area contributed by atoms with Gasteiger partial charge in [0.1, 0.15) is 0 Å². The van der Waals surface area contributed by atoms with Crippen LogP contribution < -0.4 is 5.73 Å². The minimum Gasteiger partial charge on any atom is -0.479 e. The highest BCUT2D eigenvalue weighted by molar-refractivity contribution is 5.85. The van der Waals surface area contributed by atoms with E-state index in [1.807, 2.05) is 5.92 Å². The number of hydrogen-bond acceptors (Lipinski definition) is 3. The van der Waals surface area contributed by atoms with Gasteiger partial charge < -0.3 is 15.8 Å². The fourth-order valence-electron chi connectivity index (χ4n) is 0.870. The Labute approximate surface area is 99.3 Å². The van der Waals surface area contributed by atoms with Crippen LogP contribution in [0.5, 0.6) is 0 Å². The molecule has 0 aliphatic heterocycles. The molecule has 0 fully saturated rings. The molecule has 5 nitrogen and oxygen atoms in total. The van der Waals surface area contributed by atoms with E-state index < -0.39 is 11.5 Å². The Morgan fingerprint density at radius 1 is 1.73 bits per heavy atom. The van der Waals surface area contributed by atoms with Crippen LogP contribution in [-0.4, -0.2) is 26.6 Å². The summed E-state index contributed by atoms with van der Waals surface area (Å²) in [6.45, 7) is 0. The van der Waals surface area contributed by atoms with Gasteiger partial charge in [-0.1, -0.05) is 5.92 Å². The number of nitrogens with zero attached hydrogens (tertiary/aromatic N) is 1. The molecule has 0 radical (unpaired) electrons. The maximum Gasteiger partial charge on any atom is 0.336 e. The number of H-pyrrole nitrogens is 1. The summed E-state index contributed by atoms with van der Waals surface area (Å²) >= 11 is 0. The number of nitrogens with two attached hydrogens (primary N) is 1. The van der Waals surface area contributed by atoms with E-state index in [1.165, 1.54) is 12.5 Å². The maximum atomic E-state index is 10.7. The van der Waals surface area contributed by atoms with Crippen LogP contribution in [0.25, 0.3) is 0 Å². The number of terminal acetylenes is 1. The summed E-state index contributed by atoms with van der Waals surface area (Å²) in [4.78, 5) is 17.1. The van der Waals surface area contributed by atoms with Gasteiger partial charge in [0.15, 0.2) is 5.54 Å². The lowest BCUT2D eigenvalue weighted by molar-refractivity contribution is -0.141. The molecule has 1 heterocycles. The lowest BCUT2D eigenvalue weighted by Gasteiger charge is -2.16. The fraction of sp³-hybridized carbons (Fsp3) is 0.250. The first-order chi connectivity index (χ1) is 6.08. The summed E-state index contributed by atoms with van der Waals surface area (Å²) in [6, 6.07) is 0. The molecule has 0 saturated carbocycles. The van der Waals surface area contributed by atoms with E-state index in [9.17, 15) is 4.79 Å². The Hall–Kier alpha value is -1.22. The average Bonchev–Trinajstić information content (AvgIpc) is 2.56. The highest BCUT2D eigenvalue weighted by Crippen LogP contribution is 2.07. The van der Waals surface area contributed by atoms with Crippen molar-refractivity contribution in [2.45, 2.75) is 12.0 Å². The van der Waals surface area contributed by atoms with Gasteiger partial charge in [0.25, 0.3) is 0 Å². The normalized spacial score (nSPS) is 12.5. The molecule has 0 aromatic carbocycles. The van der Waals surface area contributed by atoms with Crippen molar-refractivity contribution in [1.82, 2.24) is 9.97 Å². The van der Waals surface area contributed by atoms with E-state index in [0.717, 1.165) is 0 Å². The molecule has 1 aromatic rings. The molecule has 84 valence electrons. The lowest BCUT2D eigenvalue weighted by atomic mass is 9.96. The molecule has 15 heavy (non-hydrogen) atoms. The molecule has 1 rings (SSSR count). The number of carboxylic acids is 1. The number of aliphatic carboxylic acids is 1. The number of carbonyl (C=O) groups is 1. The van der Waals surface area contributed by atoms with Gasteiger partial charge in [-0.15, -0.1) is 31.2 Å². The van der Waals surface area contributed by atoms with Crippen molar-refractivity contribution in [2.24, 2.45) is 5.73 Å². The van der Waals surface area contributed by atoms with Gasteiger partial charge in [-0.3, -0.25) is 0 Å². The third kappa shape index (κ3) is 3.80. The van der Waals surface area contributed by atoms with E-state index in [-0.39, 0.29) is 31.2 Å². The Morgan fingerprint density at radius 2 is 2.33 bits per heavy atom. The third-order valence-electron chi connectivity index (χ3n) is 1.66. The van der Waals surface area contributed by atoms with Crippen molar-refractivity contribution in [1.29, 1.82) is 0 Å². The first-order valence-corrected chi connectivity index (χ1v) is 3.56. The van der Waals surface area contributed by atoms with E-state index in [1.54, 1.807) is 0 Å². The zero-order valence-electron chi connectivity index (χ0n) is 7.64. The van der Waals surface area contributed by atoms with E-state index in [0.29, 0.717) is 5.69 Å². The van der Waals surface area contributed by atoms with Crippen molar-refractivity contribution in [3.63, 3.8) is 0 Å². The zero-order chi connectivity index (χ0) is 9.90. The standard InChI is InChI=1S/C8H9N3O2.2ClH/c1-2-8(9,7(12)13)3-6-4-10-5-11-6;;/h1,4-5H,3,9H2,(H,10,11)(H,12,13);2*1H. The highest BCUT2D eigenvalue weighted by Gasteiger charge is 2.32. The second kappa shape index (κ2) is 6.30. The maximum absolute atomic E-state index is 10.7.